The first-order valence-corrected chi connectivity index (χ1v) is 11.5. The van der Waals surface area contributed by atoms with Gasteiger partial charge in [-0.3, -0.25) is 9.59 Å². The average molecular weight is 489 g/mol. The number of alkyl carbamates (subject to hydrolysis) is 1. The van der Waals surface area contributed by atoms with Gasteiger partial charge in [0.05, 0.1) is 0 Å². The number of aromatic amines is 1. The highest BCUT2D eigenvalue weighted by molar-refractivity contribution is 5.93. The molecule has 1 aromatic heterocycles. The van der Waals surface area contributed by atoms with Gasteiger partial charge in [-0.05, 0) is 60.1 Å². The number of fused-ring (bicyclic) bond motifs is 1. The lowest BCUT2D eigenvalue weighted by molar-refractivity contribution is -0.158. The van der Waals surface area contributed by atoms with Crippen molar-refractivity contribution < 1.29 is 28.7 Å². The standard InChI is InChI=1S/C25H36N4O6/c1-15(22(32)34-24(2,3)4)28-21(31)19(12-16-13-26-18-11-9-8-10-17(16)18)29-20(30)14-27-23(33)35-25(5,6)7/h8-11,13,15,19,26H,12,14H2,1-7H3,(H,27,33)(H,28,31)(H,29,30)/t15-,19-/m0/s1. The molecule has 0 fully saturated rings. The van der Waals surface area contributed by atoms with Crippen molar-refractivity contribution in [3.05, 3.63) is 36.0 Å². The minimum Gasteiger partial charge on any atom is -0.458 e. The summed E-state index contributed by atoms with van der Waals surface area (Å²) in [7, 11) is 0. The Kier molecular flexibility index (Phi) is 8.89. The molecule has 1 heterocycles. The summed E-state index contributed by atoms with van der Waals surface area (Å²) in [6.07, 6.45) is 1.19. The zero-order chi connectivity index (χ0) is 26.4. The van der Waals surface area contributed by atoms with Crippen molar-refractivity contribution in [1.82, 2.24) is 20.9 Å². The average Bonchev–Trinajstić information content (AvgIpc) is 3.12. The van der Waals surface area contributed by atoms with Gasteiger partial charge < -0.3 is 30.4 Å². The molecule has 2 aromatic rings. The van der Waals surface area contributed by atoms with Crippen LogP contribution in [0.25, 0.3) is 10.9 Å². The molecule has 0 aliphatic carbocycles. The van der Waals surface area contributed by atoms with Crippen LogP contribution in [0.5, 0.6) is 0 Å². The molecule has 10 heteroatoms. The largest absolute Gasteiger partial charge is 0.458 e. The van der Waals surface area contributed by atoms with Crippen LogP contribution in [0, 0.1) is 0 Å². The van der Waals surface area contributed by atoms with E-state index >= 15 is 0 Å². The Morgan fingerprint density at radius 1 is 0.943 bits per heavy atom. The maximum atomic E-state index is 13.1. The summed E-state index contributed by atoms with van der Waals surface area (Å²) >= 11 is 0. The molecular weight excluding hydrogens is 452 g/mol. The number of ether oxygens (including phenoxy) is 2. The highest BCUT2D eigenvalue weighted by atomic mass is 16.6. The molecule has 1 aromatic carbocycles. The first-order chi connectivity index (χ1) is 16.1. The predicted molar refractivity (Wildman–Crippen MR) is 132 cm³/mol. The second kappa shape index (κ2) is 11.2. The number of aromatic nitrogens is 1. The van der Waals surface area contributed by atoms with Gasteiger partial charge in [-0.2, -0.15) is 0 Å². The Bertz CT molecular complexity index is 1060. The van der Waals surface area contributed by atoms with E-state index in [2.05, 4.69) is 20.9 Å². The molecule has 10 nitrogen and oxygen atoms in total. The van der Waals surface area contributed by atoms with Crippen molar-refractivity contribution in [3.63, 3.8) is 0 Å². The number of rotatable bonds is 8. The number of benzene rings is 1. The van der Waals surface area contributed by atoms with Crippen LogP contribution in [-0.4, -0.2) is 58.7 Å². The van der Waals surface area contributed by atoms with Gasteiger partial charge in [-0.15, -0.1) is 0 Å². The molecule has 0 radical (unpaired) electrons. The SMILES string of the molecule is C[C@H](NC(=O)[C@H](Cc1c[nH]c2ccccc12)NC(=O)CNC(=O)OC(C)(C)C)C(=O)OC(C)(C)C. The number of hydrogen-bond donors (Lipinski definition) is 4. The third kappa shape index (κ3) is 9.30. The molecule has 0 unspecified atom stereocenters. The van der Waals surface area contributed by atoms with Crippen molar-refractivity contribution in [2.24, 2.45) is 0 Å². The van der Waals surface area contributed by atoms with Crippen LogP contribution in [0.2, 0.25) is 0 Å². The van der Waals surface area contributed by atoms with Crippen molar-refractivity contribution in [3.8, 4) is 0 Å². The highest BCUT2D eigenvalue weighted by Gasteiger charge is 2.28. The van der Waals surface area contributed by atoms with E-state index in [1.165, 1.54) is 6.92 Å². The summed E-state index contributed by atoms with van der Waals surface area (Å²) < 4.78 is 10.4. The topological polar surface area (TPSA) is 139 Å². The highest BCUT2D eigenvalue weighted by Crippen LogP contribution is 2.19. The van der Waals surface area contributed by atoms with E-state index in [1.807, 2.05) is 24.3 Å². The van der Waals surface area contributed by atoms with E-state index in [-0.39, 0.29) is 13.0 Å². The van der Waals surface area contributed by atoms with Gasteiger partial charge in [0.15, 0.2) is 0 Å². The normalized spacial score (nSPS) is 13.5. The molecule has 0 saturated carbocycles. The Labute approximate surface area is 205 Å². The fraction of sp³-hybridized carbons (Fsp3) is 0.520. The lowest BCUT2D eigenvalue weighted by Crippen LogP contribution is -2.54. The third-order valence-corrected chi connectivity index (χ3v) is 4.66. The summed E-state index contributed by atoms with van der Waals surface area (Å²) in [5.74, 6) is -1.73. The number of para-hydroxylation sites is 1. The van der Waals surface area contributed by atoms with Gasteiger partial charge in [0.2, 0.25) is 11.8 Å². The third-order valence-electron chi connectivity index (χ3n) is 4.66. The molecular formula is C25H36N4O6. The van der Waals surface area contributed by atoms with Crippen LogP contribution in [-0.2, 0) is 30.3 Å². The summed E-state index contributed by atoms with van der Waals surface area (Å²) in [6, 6.07) is 5.64. The van der Waals surface area contributed by atoms with Crippen LogP contribution < -0.4 is 16.0 Å². The van der Waals surface area contributed by atoms with E-state index in [0.29, 0.717) is 0 Å². The Balaban J connectivity index is 2.12. The molecule has 4 N–H and O–H groups in total. The number of carbonyl (C=O) groups is 4. The summed E-state index contributed by atoms with van der Waals surface area (Å²) in [5.41, 5.74) is 0.282. The second-order valence-corrected chi connectivity index (χ2v) is 10.3. The van der Waals surface area contributed by atoms with Gasteiger partial charge >= 0.3 is 12.1 Å². The second-order valence-electron chi connectivity index (χ2n) is 10.3. The molecule has 3 amide bonds. The minimum atomic E-state index is -1.01. The maximum absolute atomic E-state index is 13.1. The first-order valence-electron chi connectivity index (χ1n) is 11.5. The fourth-order valence-electron chi connectivity index (χ4n) is 3.20. The molecule has 0 saturated heterocycles. The van der Waals surface area contributed by atoms with Crippen molar-refractivity contribution in [1.29, 1.82) is 0 Å². The number of esters is 1. The first kappa shape index (κ1) is 27.7. The van der Waals surface area contributed by atoms with Crippen LogP contribution in [0.15, 0.2) is 30.5 Å². The van der Waals surface area contributed by atoms with Crippen LogP contribution in [0.1, 0.15) is 54.0 Å². The maximum Gasteiger partial charge on any atom is 0.408 e. The Hall–Kier alpha value is -3.56. The number of carbonyl (C=O) groups excluding carboxylic acids is 4. The van der Waals surface area contributed by atoms with Crippen LogP contribution in [0.3, 0.4) is 0 Å². The van der Waals surface area contributed by atoms with E-state index in [0.717, 1.165) is 16.5 Å². The molecule has 2 rings (SSSR count). The molecule has 2 atom stereocenters. The van der Waals surface area contributed by atoms with Gasteiger partial charge in [-0.1, -0.05) is 18.2 Å². The van der Waals surface area contributed by atoms with Crippen LogP contribution in [0.4, 0.5) is 4.79 Å². The zero-order valence-corrected chi connectivity index (χ0v) is 21.4. The number of hydrogen-bond acceptors (Lipinski definition) is 6. The van der Waals surface area contributed by atoms with Gasteiger partial charge in [0, 0.05) is 23.5 Å². The minimum absolute atomic E-state index is 0.162. The smallest absolute Gasteiger partial charge is 0.408 e. The number of H-pyrrole nitrogens is 1. The summed E-state index contributed by atoms with van der Waals surface area (Å²) in [6.45, 7) is 11.5. The molecule has 0 spiro atoms. The molecule has 35 heavy (non-hydrogen) atoms. The van der Waals surface area contributed by atoms with E-state index in [9.17, 15) is 19.2 Å². The molecule has 192 valence electrons. The zero-order valence-electron chi connectivity index (χ0n) is 21.4. The van der Waals surface area contributed by atoms with Gasteiger partial charge in [-0.25, -0.2) is 9.59 Å². The van der Waals surface area contributed by atoms with Gasteiger partial charge in [0.1, 0.15) is 29.8 Å². The Morgan fingerprint density at radius 2 is 1.57 bits per heavy atom. The van der Waals surface area contributed by atoms with E-state index < -0.39 is 47.2 Å². The van der Waals surface area contributed by atoms with Crippen molar-refractivity contribution >= 4 is 34.8 Å². The van der Waals surface area contributed by atoms with Crippen molar-refractivity contribution in [2.45, 2.75) is 78.2 Å². The monoisotopic (exact) mass is 488 g/mol. The van der Waals surface area contributed by atoms with Crippen LogP contribution >= 0.6 is 0 Å². The van der Waals surface area contributed by atoms with Gasteiger partial charge in [0.25, 0.3) is 0 Å². The summed E-state index contributed by atoms with van der Waals surface area (Å²) in [4.78, 5) is 53.0. The molecule has 0 aliphatic rings. The lowest BCUT2D eigenvalue weighted by atomic mass is 10.0. The lowest BCUT2D eigenvalue weighted by Gasteiger charge is -2.24. The predicted octanol–water partition coefficient (Wildman–Crippen LogP) is 2.57. The quantitative estimate of drug-likeness (QED) is 0.421. The summed E-state index contributed by atoms with van der Waals surface area (Å²) in [5, 5.41) is 8.54. The number of nitrogens with one attached hydrogen (secondary N) is 4. The Morgan fingerprint density at radius 3 is 2.20 bits per heavy atom. The van der Waals surface area contributed by atoms with E-state index in [1.54, 1.807) is 47.7 Å². The molecule has 0 aliphatic heterocycles. The van der Waals surface area contributed by atoms with Crippen molar-refractivity contribution in [2.75, 3.05) is 6.54 Å². The fourth-order valence-corrected chi connectivity index (χ4v) is 3.20. The number of amides is 3. The molecule has 0 bridgehead atoms. The van der Waals surface area contributed by atoms with E-state index in [4.69, 9.17) is 9.47 Å².